The maximum absolute atomic E-state index is 13.0. The molecule has 1 aliphatic heterocycles. The van der Waals surface area contributed by atoms with Gasteiger partial charge in [0.05, 0.1) is 18.9 Å². The van der Waals surface area contributed by atoms with Gasteiger partial charge in [0.25, 0.3) is 5.91 Å². The molecule has 1 unspecified atom stereocenters. The van der Waals surface area contributed by atoms with Crippen LogP contribution in [-0.4, -0.2) is 36.6 Å². The summed E-state index contributed by atoms with van der Waals surface area (Å²) in [7, 11) is 3.19. The fourth-order valence-electron chi connectivity index (χ4n) is 3.53. The van der Waals surface area contributed by atoms with Crippen LogP contribution >= 0.6 is 0 Å². The molecule has 7 nitrogen and oxygen atoms in total. The van der Waals surface area contributed by atoms with Gasteiger partial charge >= 0.3 is 6.01 Å². The van der Waals surface area contributed by atoms with Crippen LogP contribution in [0.2, 0.25) is 0 Å². The van der Waals surface area contributed by atoms with Gasteiger partial charge in [-0.2, -0.15) is 9.97 Å². The number of benzene rings is 1. The third-order valence-electron chi connectivity index (χ3n) is 4.74. The molecule has 1 aromatic carbocycles. The topological polar surface area (TPSA) is 90.6 Å². The Morgan fingerprint density at radius 1 is 1.15 bits per heavy atom. The van der Waals surface area contributed by atoms with Crippen LogP contribution in [-0.2, 0) is 11.2 Å². The number of carbonyl (C=O) groups excluding carboxylic acids is 1. The number of ether oxygens (including phenoxy) is 2. The predicted molar refractivity (Wildman–Crippen MR) is 104 cm³/mol. The largest absolute Gasteiger partial charge is 0.467 e. The summed E-state index contributed by atoms with van der Waals surface area (Å²) >= 11 is 0. The smallest absolute Gasteiger partial charge is 0.318 e. The summed E-state index contributed by atoms with van der Waals surface area (Å²) in [6.45, 7) is 6.93. The first-order chi connectivity index (χ1) is 12.8. The van der Waals surface area contributed by atoms with E-state index in [1.165, 1.54) is 7.11 Å². The van der Waals surface area contributed by atoms with Crippen LogP contribution in [0.4, 0.5) is 11.5 Å². The van der Waals surface area contributed by atoms with Crippen molar-refractivity contribution in [2.75, 3.05) is 31.4 Å². The quantitative estimate of drug-likeness (QED) is 0.890. The average molecular weight is 370 g/mol. The number of hydrogen-bond donors (Lipinski definition) is 1. The maximum Gasteiger partial charge on any atom is 0.318 e. The van der Waals surface area contributed by atoms with Gasteiger partial charge in [0.2, 0.25) is 0 Å². The fraction of sp³-hybridized carbons (Fsp3) is 0.450. The minimum atomic E-state index is -0.191. The van der Waals surface area contributed by atoms with Gasteiger partial charge in [-0.1, -0.05) is 32.9 Å². The Morgan fingerprint density at radius 2 is 1.81 bits per heavy atom. The summed E-state index contributed by atoms with van der Waals surface area (Å²) in [6, 6.07) is 8.08. The molecule has 1 atom stereocenters. The molecule has 1 aromatic heterocycles. The summed E-state index contributed by atoms with van der Waals surface area (Å²) in [5.74, 6) is -0.0429. The molecule has 2 aromatic rings. The first-order valence-electron chi connectivity index (χ1n) is 8.91. The van der Waals surface area contributed by atoms with E-state index in [1.54, 1.807) is 12.0 Å². The van der Waals surface area contributed by atoms with Gasteiger partial charge in [0.15, 0.2) is 0 Å². The van der Waals surface area contributed by atoms with Crippen LogP contribution in [0.25, 0.3) is 0 Å². The molecule has 0 spiro atoms. The van der Waals surface area contributed by atoms with Crippen molar-refractivity contribution in [3.63, 3.8) is 0 Å². The van der Waals surface area contributed by atoms with Crippen molar-refractivity contribution in [1.29, 1.82) is 0 Å². The lowest BCUT2D eigenvalue weighted by Gasteiger charge is -2.31. The van der Waals surface area contributed by atoms with Crippen molar-refractivity contribution in [3.8, 4) is 6.01 Å². The van der Waals surface area contributed by atoms with Gasteiger partial charge < -0.3 is 20.1 Å². The Morgan fingerprint density at radius 3 is 2.37 bits per heavy atom. The minimum Gasteiger partial charge on any atom is -0.467 e. The van der Waals surface area contributed by atoms with Crippen LogP contribution in [0.15, 0.2) is 24.3 Å². The second kappa shape index (κ2) is 7.15. The maximum atomic E-state index is 13.0. The Balaban J connectivity index is 1.89. The van der Waals surface area contributed by atoms with E-state index >= 15 is 0 Å². The number of methoxy groups -OCH3 is 2. The molecular formula is C20H26N4O3. The van der Waals surface area contributed by atoms with Crippen molar-refractivity contribution < 1.29 is 14.3 Å². The lowest BCUT2D eigenvalue weighted by Crippen LogP contribution is -2.39. The van der Waals surface area contributed by atoms with Gasteiger partial charge in [0, 0.05) is 25.8 Å². The molecule has 144 valence electrons. The van der Waals surface area contributed by atoms with Crippen molar-refractivity contribution in [2.24, 2.45) is 5.41 Å². The number of nitrogens with two attached hydrogens (primary N) is 1. The Labute approximate surface area is 159 Å². The Kier molecular flexibility index (Phi) is 5.06. The van der Waals surface area contributed by atoms with Gasteiger partial charge in [-0.25, -0.2) is 0 Å². The lowest BCUT2D eigenvalue weighted by molar-refractivity contribution is 0.0152. The zero-order valence-electron chi connectivity index (χ0n) is 16.4. The number of nitrogen functional groups attached to an aromatic ring is 1. The van der Waals surface area contributed by atoms with E-state index < -0.39 is 0 Å². The van der Waals surface area contributed by atoms with Crippen LogP contribution in [0, 0.1) is 5.41 Å². The number of nitrogens with zero attached hydrogens (tertiary/aromatic N) is 3. The van der Waals surface area contributed by atoms with Gasteiger partial charge in [0.1, 0.15) is 11.4 Å². The number of amides is 1. The first kappa shape index (κ1) is 19.1. The van der Waals surface area contributed by atoms with E-state index in [0.717, 1.165) is 11.3 Å². The van der Waals surface area contributed by atoms with Crippen LogP contribution in [0.1, 0.15) is 48.5 Å². The monoisotopic (exact) mass is 370 g/mol. The van der Waals surface area contributed by atoms with Crippen molar-refractivity contribution >= 4 is 17.4 Å². The zero-order valence-corrected chi connectivity index (χ0v) is 16.4. The number of anilines is 2. The SMILES string of the molecule is COc1nc(N)c2c(n1)CCN(c1ccc(C(OC)C(C)(C)C)cc1)C2=O. The molecule has 0 bridgehead atoms. The second-order valence-corrected chi connectivity index (χ2v) is 7.70. The molecule has 0 fully saturated rings. The molecule has 1 amide bonds. The van der Waals surface area contributed by atoms with E-state index in [0.29, 0.717) is 24.2 Å². The molecule has 2 heterocycles. The van der Waals surface area contributed by atoms with Gasteiger partial charge in [-0.05, 0) is 23.1 Å². The summed E-state index contributed by atoms with van der Waals surface area (Å²) in [5, 5.41) is 0. The highest BCUT2D eigenvalue weighted by molar-refractivity contribution is 6.10. The standard InChI is InChI=1S/C20H26N4O3/c1-20(2,3)16(26-4)12-6-8-13(9-7-12)24-11-10-14-15(18(24)25)17(21)23-19(22-14)27-5/h6-9,16H,10-11H2,1-5H3,(H2,21,22,23). The third kappa shape index (κ3) is 3.60. The molecule has 0 saturated heterocycles. The first-order valence-corrected chi connectivity index (χ1v) is 8.91. The molecule has 1 aliphatic rings. The molecule has 27 heavy (non-hydrogen) atoms. The molecule has 0 radical (unpaired) electrons. The summed E-state index contributed by atoms with van der Waals surface area (Å²) in [4.78, 5) is 23.0. The normalized spacial score (nSPS) is 15.4. The number of hydrogen-bond acceptors (Lipinski definition) is 6. The summed E-state index contributed by atoms with van der Waals surface area (Å²) in [5.41, 5.74) is 8.83. The summed E-state index contributed by atoms with van der Waals surface area (Å²) in [6.07, 6.45) is 0.565. The number of rotatable bonds is 4. The van der Waals surface area contributed by atoms with Crippen LogP contribution < -0.4 is 15.4 Å². The van der Waals surface area contributed by atoms with E-state index in [2.05, 4.69) is 30.7 Å². The van der Waals surface area contributed by atoms with E-state index in [4.69, 9.17) is 15.2 Å². The minimum absolute atomic E-state index is 0.0268. The average Bonchev–Trinajstić information content (AvgIpc) is 2.61. The Bertz CT molecular complexity index is 844. The zero-order chi connectivity index (χ0) is 19.8. The second-order valence-electron chi connectivity index (χ2n) is 7.70. The molecule has 2 N–H and O–H groups in total. The number of fused-ring (bicyclic) bond motifs is 1. The molecule has 0 aliphatic carbocycles. The van der Waals surface area contributed by atoms with Gasteiger partial charge in [-0.3, -0.25) is 4.79 Å². The highest BCUT2D eigenvalue weighted by Gasteiger charge is 2.31. The lowest BCUT2D eigenvalue weighted by atomic mass is 9.84. The van der Waals surface area contributed by atoms with Crippen molar-refractivity contribution in [3.05, 3.63) is 41.1 Å². The van der Waals surface area contributed by atoms with E-state index in [-0.39, 0.29) is 29.3 Å². The molecule has 3 rings (SSSR count). The van der Waals surface area contributed by atoms with E-state index in [1.807, 2.05) is 24.3 Å². The molecule has 0 saturated carbocycles. The summed E-state index contributed by atoms with van der Waals surface area (Å²) < 4.78 is 10.7. The van der Waals surface area contributed by atoms with Crippen molar-refractivity contribution in [2.45, 2.75) is 33.3 Å². The Hall–Kier alpha value is -2.67. The molecular weight excluding hydrogens is 344 g/mol. The van der Waals surface area contributed by atoms with Crippen LogP contribution in [0.3, 0.4) is 0 Å². The van der Waals surface area contributed by atoms with Gasteiger partial charge in [-0.15, -0.1) is 0 Å². The number of carbonyl (C=O) groups is 1. The number of aromatic nitrogens is 2. The highest BCUT2D eigenvalue weighted by Crippen LogP contribution is 2.36. The third-order valence-corrected chi connectivity index (χ3v) is 4.74. The fourth-order valence-corrected chi connectivity index (χ4v) is 3.53. The highest BCUT2D eigenvalue weighted by atomic mass is 16.5. The predicted octanol–water partition coefficient (Wildman–Crippen LogP) is 3.00. The van der Waals surface area contributed by atoms with Crippen molar-refractivity contribution in [1.82, 2.24) is 9.97 Å². The van der Waals surface area contributed by atoms with E-state index in [9.17, 15) is 4.79 Å². The molecule has 7 heteroatoms. The van der Waals surface area contributed by atoms with Crippen LogP contribution in [0.5, 0.6) is 6.01 Å².